The molecule has 0 heterocycles. The van der Waals surface area contributed by atoms with E-state index in [1.807, 2.05) is 24.3 Å². The Morgan fingerprint density at radius 1 is 0.674 bits per heavy atom. The number of benzene rings is 2. The van der Waals surface area contributed by atoms with Crippen LogP contribution >= 0.6 is 0 Å². The second-order valence-electron chi connectivity index (χ2n) is 10.4. The Labute approximate surface area is 270 Å². The molecule has 1 aliphatic carbocycles. The number of hydrogen-bond acceptors (Lipinski definition) is 11. The molecule has 46 heavy (non-hydrogen) atoms. The first-order valence-electron chi connectivity index (χ1n) is 15.7. The first kappa shape index (κ1) is 37.1. The van der Waals surface area contributed by atoms with E-state index in [9.17, 15) is 14.4 Å². The summed E-state index contributed by atoms with van der Waals surface area (Å²) in [7, 11) is 1.25. The Kier molecular flexibility index (Phi) is 17.9. The largest absolute Gasteiger partial charge is 0.467 e. The van der Waals surface area contributed by atoms with Gasteiger partial charge < -0.3 is 43.2 Å². The van der Waals surface area contributed by atoms with E-state index in [0.29, 0.717) is 85.5 Å². The van der Waals surface area contributed by atoms with E-state index >= 15 is 0 Å². The van der Waals surface area contributed by atoms with Gasteiger partial charge in [0.1, 0.15) is 6.61 Å². The predicted molar refractivity (Wildman–Crippen MR) is 168 cm³/mol. The van der Waals surface area contributed by atoms with Crippen LogP contribution in [0.15, 0.2) is 48.5 Å². The van der Waals surface area contributed by atoms with E-state index in [1.165, 1.54) is 36.3 Å². The summed E-state index contributed by atoms with van der Waals surface area (Å²) in [6.07, 6.45) is 0.906. The minimum atomic E-state index is -0.842. The van der Waals surface area contributed by atoms with E-state index in [4.69, 9.17) is 33.2 Å². The monoisotopic (exact) mass is 645 g/mol. The van der Waals surface area contributed by atoms with E-state index in [0.717, 1.165) is 0 Å². The molecule has 1 atom stereocenters. The maximum Gasteiger partial charge on any atom is 0.330 e. The highest BCUT2D eigenvalue weighted by atomic mass is 16.6. The third-order valence-corrected chi connectivity index (χ3v) is 7.05. The van der Waals surface area contributed by atoms with Crippen LogP contribution in [0.1, 0.15) is 36.8 Å². The summed E-state index contributed by atoms with van der Waals surface area (Å²) >= 11 is 0. The van der Waals surface area contributed by atoms with Crippen molar-refractivity contribution in [1.82, 2.24) is 5.32 Å². The van der Waals surface area contributed by atoms with Gasteiger partial charge in [-0.1, -0.05) is 48.5 Å². The Hall–Kier alpha value is -3.39. The topological polar surface area (TPSA) is 137 Å². The lowest BCUT2D eigenvalue weighted by atomic mass is 9.98. The van der Waals surface area contributed by atoms with E-state index in [2.05, 4.69) is 34.3 Å². The first-order chi connectivity index (χ1) is 22.5. The number of hydrogen-bond donors (Lipinski definition) is 1. The van der Waals surface area contributed by atoms with Crippen LogP contribution < -0.4 is 5.32 Å². The van der Waals surface area contributed by atoms with Crippen LogP contribution in [-0.2, 0) is 52.3 Å². The van der Waals surface area contributed by atoms with Gasteiger partial charge in [0.05, 0.1) is 79.8 Å². The fourth-order valence-electron chi connectivity index (χ4n) is 4.86. The van der Waals surface area contributed by atoms with Gasteiger partial charge in [0.2, 0.25) is 5.91 Å². The van der Waals surface area contributed by atoms with Gasteiger partial charge in [0.25, 0.3) is 0 Å². The summed E-state index contributed by atoms with van der Waals surface area (Å²) < 4.78 is 43.0. The number of methoxy groups -OCH3 is 1. The molecule has 1 amide bonds. The molecular weight excluding hydrogens is 598 g/mol. The molecule has 0 spiro atoms. The average molecular weight is 646 g/mol. The van der Waals surface area contributed by atoms with Gasteiger partial charge in [-0.05, 0) is 28.7 Å². The summed E-state index contributed by atoms with van der Waals surface area (Å²) in [6.45, 7) is 6.19. The average Bonchev–Trinajstić information content (AvgIpc) is 3.38. The summed E-state index contributed by atoms with van der Waals surface area (Å²) in [6, 6.07) is 15.7. The standard InChI is InChI=1S/C34H47NO11/c1-26(36)35-32(34(38)39-2)25-45-23-22-44-21-20-43-19-18-42-17-16-41-15-14-40-13-7-12-33(37)46-24-31-29-10-5-3-8-27(29)28-9-4-6-11-30(28)31/h3-6,8-11,31-32H,7,12-25H2,1-2H3,(H,35,36)/t32-/m0/s1. The third kappa shape index (κ3) is 13.5. The molecule has 0 aliphatic heterocycles. The van der Waals surface area contributed by atoms with E-state index < -0.39 is 12.0 Å². The summed E-state index contributed by atoms with van der Waals surface area (Å²) in [5.74, 6) is -1.05. The molecule has 1 N–H and O–H groups in total. The highest BCUT2D eigenvalue weighted by Crippen LogP contribution is 2.44. The van der Waals surface area contributed by atoms with Crippen LogP contribution in [0.2, 0.25) is 0 Å². The Bertz CT molecular complexity index is 1150. The lowest BCUT2D eigenvalue weighted by molar-refractivity contribution is -0.147. The van der Waals surface area contributed by atoms with Gasteiger partial charge in [0, 0.05) is 25.9 Å². The number of ether oxygens (including phenoxy) is 8. The van der Waals surface area contributed by atoms with E-state index in [1.54, 1.807) is 0 Å². The lowest BCUT2D eigenvalue weighted by Crippen LogP contribution is -2.43. The molecule has 2 aromatic carbocycles. The van der Waals surface area contributed by atoms with Gasteiger partial charge in [-0.2, -0.15) is 0 Å². The number of rotatable bonds is 25. The second kappa shape index (κ2) is 22.2. The molecule has 12 nitrogen and oxygen atoms in total. The van der Waals surface area contributed by atoms with Crippen LogP contribution in [0.5, 0.6) is 0 Å². The molecular formula is C34H47NO11. The molecule has 12 heteroatoms. The van der Waals surface area contributed by atoms with Crippen LogP contribution in [0, 0.1) is 0 Å². The number of fused-ring (bicyclic) bond motifs is 3. The molecule has 0 unspecified atom stereocenters. The van der Waals surface area contributed by atoms with Gasteiger partial charge in [-0.3, -0.25) is 9.59 Å². The van der Waals surface area contributed by atoms with Crippen LogP contribution in [0.25, 0.3) is 11.1 Å². The van der Waals surface area contributed by atoms with Crippen LogP contribution in [-0.4, -0.2) is 117 Å². The van der Waals surface area contributed by atoms with Gasteiger partial charge >= 0.3 is 11.9 Å². The molecule has 2 aromatic rings. The highest BCUT2D eigenvalue weighted by molar-refractivity contribution is 5.83. The normalized spacial score (nSPS) is 12.7. The SMILES string of the molecule is COC(=O)[C@H](COCCOCCOCCOCCOCCOCCCC(=O)OCC1c2ccccc2-c2ccccc21)NC(C)=O. The molecule has 0 saturated carbocycles. The Morgan fingerprint density at radius 2 is 1.13 bits per heavy atom. The molecule has 0 bridgehead atoms. The number of amides is 1. The zero-order chi connectivity index (χ0) is 32.8. The zero-order valence-corrected chi connectivity index (χ0v) is 26.9. The number of carbonyl (C=O) groups excluding carboxylic acids is 3. The van der Waals surface area contributed by atoms with E-state index in [-0.39, 0.29) is 31.0 Å². The first-order valence-corrected chi connectivity index (χ1v) is 15.7. The molecule has 3 rings (SSSR count). The summed E-state index contributed by atoms with van der Waals surface area (Å²) in [5, 5.41) is 2.47. The van der Waals surface area contributed by atoms with Crippen molar-refractivity contribution in [1.29, 1.82) is 0 Å². The smallest absolute Gasteiger partial charge is 0.330 e. The molecule has 0 aromatic heterocycles. The maximum atomic E-state index is 12.3. The fraction of sp³-hybridized carbons (Fsp3) is 0.559. The van der Waals surface area contributed by atoms with Gasteiger partial charge in [-0.15, -0.1) is 0 Å². The quantitative estimate of drug-likeness (QED) is 0.126. The van der Waals surface area contributed by atoms with Gasteiger partial charge in [-0.25, -0.2) is 4.79 Å². The summed E-state index contributed by atoms with van der Waals surface area (Å²) in [5.41, 5.74) is 4.83. The van der Waals surface area contributed by atoms with Crippen molar-refractivity contribution in [3.63, 3.8) is 0 Å². The molecule has 0 fully saturated rings. The van der Waals surface area contributed by atoms with Crippen LogP contribution in [0.3, 0.4) is 0 Å². The minimum Gasteiger partial charge on any atom is -0.467 e. The van der Waals surface area contributed by atoms with Crippen molar-refractivity contribution < 1.29 is 52.3 Å². The lowest BCUT2D eigenvalue weighted by Gasteiger charge is -2.15. The highest BCUT2D eigenvalue weighted by Gasteiger charge is 2.29. The van der Waals surface area contributed by atoms with Crippen molar-refractivity contribution in [2.45, 2.75) is 31.7 Å². The van der Waals surface area contributed by atoms with Crippen molar-refractivity contribution in [3.8, 4) is 11.1 Å². The number of nitrogens with one attached hydrogen (secondary N) is 1. The zero-order valence-electron chi connectivity index (χ0n) is 26.9. The molecule has 0 radical (unpaired) electrons. The van der Waals surface area contributed by atoms with Crippen molar-refractivity contribution in [2.24, 2.45) is 0 Å². The predicted octanol–water partition coefficient (Wildman–Crippen LogP) is 2.90. The fourth-order valence-corrected chi connectivity index (χ4v) is 4.86. The molecule has 1 aliphatic rings. The minimum absolute atomic E-state index is 0.00586. The number of carbonyl (C=O) groups is 3. The second-order valence-corrected chi connectivity index (χ2v) is 10.4. The Balaban J connectivity index is 1.05. The Morgan fingerprint density at radius 3 is 1.61 bits per heavy atom. The van der Waals surface area contributed by atoms with Gasteiger partial charge in [0.15, 0.2) is 6.04 Å². The number of esters is 2. The molecule has 254 valence electrons. The van der Waals surface area contributed by atoms with Crippen molar-refractivity contribution in [2.75, 3.05) is 93.0 Å². The molecule has 0 saturated heterocycles. The summed E-state index contributed by atoms with van der Waals surface area (Å²) in [4.78, 5) is 35.0. The van der Waals surface area contributed by atoms with Crippen molar-refractivity contribution in [3.05, 3.63) is 59.7 Å². The van der Waals surface area contributed by atoms with Crippen molar-refractivity contribution >= 4 is 17.8 Å². The van der Waals surface area contributed by atoms with Crippen LogP contribution in [0.4, 0.5) is 0 Å². The third-order valence-electron chi connectivity index (χ3n) is 7.05. The maximum absolute atomic E-state index is 12.3.